The van der Waals surface area contributed by atoms with Gasteiger partial charge < -0.3 is 0 Å². The summed E-state index contributed by atoms with van der Waals surface area (Å²) in [6.07, 6.45) is 3.99. The Morgan fingerprint density at radius 2 is 1.77 bits per heavy atom. The van der Waals surface area contributed by atoms with Gasteiger partial charge >= 0.3 is 0 Å². The maximum Gasteiger partial charge on any atom is 0.284 e. The molecule has 0 fully saturated rings. The number of H-pyrrole nitrogens is 1. The third-order valence-corrected chi connectivity index (χ3v) is 5.44. The van der Waals surface area contributed by atoms with Gasteiger partial charge in [-0.1, -0.05) is 0 Å². The third-order valence-electron chi connectivity index (χ3n) is 3.62. The molecule has 0 saturated carbocycles. The van der Waals surface area contributed by atoms with E-state index in [-0.39, 0.29) is 0 Å². The highest BCUT2D eigenvalue weighted by Crippen LogP contribution is 2.21. The largest absolute Gasteiger partial charge is 0.284 e. The van der Waals surface area contributed by atoms with E-state index in [1.165, 1.54) is 24.0 Å². The second-order valence-electron chi connectivity index (χ2n) is 5.48. The molecule has 0 aliphatic carbocycles. The first-order chi connectivity index (χ1) is 10.4. The van der Waals surface area contributed by atoms with Crippen LogP contribution in [0.25, 0.3) is 16.9 Å². The lowest BCUT2D eigenvalue weighted by Gasteiger charge is -2.11. The van der Waals surface area contributed by atoms with E-state index in [0.717, 1.165) is 16.9 Å². The van der Waals surface area contributed by atoms with Gasteiger partial charge in [0.25, 0.3) is 5.65 Å². The normalized spacial score (nSPS) is 12.2. The van der Waals surface area contributed by atoms with Gasteiger partial charge in [0.05, 0.1) is 11.1 Å². The minimum Gasteiger partial charge on any atom is -0.237 e. The number of nitrogens with zero attached hydrogens (tertiary/aromatic N) is 2. The van der Waals surface area contributed by atoms with Crippen LogP contribution in [-0.2, 0) is 10.0 Å². The summed E-state index contributed by atoms with van der Waals surface area (Å²) >= 11 is 0. The number of benzene rings is 1. The van der Waals surface area contributed by atoms with Crippen molar-refractivity contribution in [1.29, 1.82) is 0 Å². The van der Waals surface area contributed by atoms with Crippen molar-refractivity contribution in [3.63, 3.8) is 0 Å². The molecule has 0 amide bonds. The number of aromatic nitrogens is 2. The average Bonchev–Trinajstić information content (AvgIpc) is 2.90. The predicted molar refractivity (Wildman–Crippen MR) is 85.0 cm³/mol. The topological polar surface area (TPSA) is 57.3 Å². The molecule has 2 aromatic heterocycles. The Morgan fingerprint density at radius 3 is 2.41 bits per heavy atom. The Bertz CT molecular complexity index is 926. The molecule has 0 spiro atoms. The number of aryl methyl sites for hydroxylation is 1. The Hall–Kier alpha value is -2.18. The van der Waals surface area contributed by atoms with E-state index in [9.17, 15) is 8.42 Å². The van der Waals surface area contributed by atoms with Gasteiger partial charge in [0.1, 0.15) is 6.20 Å². The van der Waals surface area contributed by atoms with Crippen molar-refractivity contribution >= 4 is 15.7 Å². The molecule has 0 saturated heterocycles. The van der Waals surface area contributed by atoms with Crippen LogP contribution in [0.1, 0.15) is 5.56 Å². The molecular weight excluding hydrogens is 298 g/mol. The molecule has 0 atom stereocenters. The van der Waals surface area contributed by atoms with Crippen LogP contribution < -0.4 is 4.40 Å². The van der Waals surface area contributed by atoms with Crippen LogP contribution in [0.2, 0.25) is 0 Å². The van der Waals surface area contributed by atoms with E-state index in [1.54, 1.807) is 12.1 Å². The zero-order chi connectivity index (χ0) is 15.9. The summed E-state index contributed by atoms with van der Waals surface area (Å²) in [5.41, 5.74) is 4.07. The van der Waals surface area contributed by atoms with Crippen molar-refractivity contribution in [3.05, 3.63) is 54.4 Å². The van der Waals surface area contributed by atoms with E-state index in [0.29, 0.717) is 4.90 Å². The highest BCUT2D eigenvalue weighted by molar-refractivity contribution is 7.89. The number of rotatable bonds is 3. The fourth-order valence-electron chi connectivity index (χ4n) is 2.30. The molecule has 0 radical (unpaired) electrons. The van der Waals surface area contributed by atoms with E-state index < -0.39 is 10.0 Å². The van der Waals surface area contributed by atoms with Gasteiger partial charge in [0, 0.05) is 25.7 Å². The fourth-order valence-corrected chi connectivity index (χ4v) is 3.20. The number of hydrogen-bond donors (Lipinski definition) is 1. The van der Waals surface area contributed by atoms with E-state index in [2.05, 4.69) is 11.1 Å². The van der Waals surface area contributed by atoms with E-state index >= 15 is 0 Å². The van der Waals surface area contributed by atoms with Gasteiger partial charge in [-0.3, -0.25) is 0 Å². The highest BCUT2D eigenvalue weighted by atomic mass is 32.2. The molecule has 2 heterocycles. The summed E-state index contributed by atoms with van der Waals surface area (Å²) in [6.45, 7) is 2.04. The lowest BCUT2D eigenvalue weighted by molar-refractivity contribution is -0.509. The number of pyridine rings is 1. The molecule has 6 heteroatoms. The summed E-state index contributed by atoms with van der Waals surface area (Å²) in [6, 6.07) is 11.0. The van der Waals surface area contributed by atoms with Gasteiger partial charge in [0.15, 0.2) is 5.69 Å². The molecule has 0 unspecified atom stereocenters. The van der Waals surface area contributed by atoms with Crippen LogP contribution in [0.5, 0.6) is 0 Å². The minimum absolute atomic E-state index is 0.292. The molecule has 0 aliphatic rings. The molecule has 1 aromatic carbocycles. The van der Waals surface area contributed by atoms with Crippen LogP contribution in [0.3, 0.4) is 0 Å². The maximum absolute atomic E-state index is 12.1. The van der Waals surface area contributed by atoms with Gasteiger partial charge in [-0.15, -0.1) is 0 Å². The lowest BCUT2D eigenvalue weighted by Crippen LogP contribution is -2.22. The summed E-state index contributed by atoms with van der Waals surface area (Å²) in [7, 11) is -0.333. The Morgan fingerprint density at radius 1 is 1.09 bits per heavy atom. The first kappa shape index (κ1) is 14.7. The standard InChI is InChI=1S/C16H17N3O2S/c1-12-8-9-19-11-15(17-16(19)10-12)13-4-6-14(7-5-13)22(20,21)18(2)3/h4-11H,1-3H3/p+1. The van der Waals surface area contributed by atoms with Crippen molar-refractivity contribution in [1.82, 2.24) is 9.29 Å². The summed E-state index contributed by atoms with van der Waals surface area (Å²) in [4.78, 5) is 3.63. The molecular formula is C16H18N3O2S+. The number of sulfonamides is 1. The maximum atomic E-state index is 12.1. The van der Waals surface area contributed by atoms with E-state index in [4.69, 9.17) is 0 Å². The molecule has 1 N–H and O–H groups in total. The predicted octanol–water partition coefficient (Wildman–Crippen LogP) is 1.98. The molecule has 0 bridgehead atoms. The Labute approximate surface area is 129 Å². The molecule has 0 aliphatic heterocycles. The monoisotopic (exact) mass is 316 g/mol. The van der Waals surface area contributed by atoms with Gasteiger partial charge in [-0.2, -0.15) is 0 Å². The first-order valence-electron chi connectivity index (χ1n) is 6.91. The summed E-state index contributed by atoms with van der Waals surface area (Å²) in [5.74, 6) is 0. The van der Waals surface area contributed by atoms with Crippen LogP contribution in [-0.4, -0.2) is 31.8 Å². The van der Waals surface area contributed by atoms with Gasteiger partial charge in [-0.25, -0.2) is 22.1 Å². The van der Waals surface area contributed by atoms with E-state index in [1.807, 2.05) is 41.9 Å². The molecule has 5 nitrogen and oxygen atoms in total. The van der Waals surface area contributed by atoms with Crippen molar-refractivity contribution < 1.29 is 12.8 Å². The van der Waals surface area contributed by atoms with Gasteiger partial charge in [-0.05, 0) is 42.8 Å². The number of hydrogen-bond acceptors (Lipinski definition) is 2. The zero-order valence-corrected chi connectivity index (χ0v) is 13.6. The van der Waals surface area contributed by atoms with Gasteiger partial charge in [0.2, 0.25) is 10.0 Å². The molecule has 114 valence electrons. The quantitative estimate of drug-likeness (QED) is 0.751. The number of nitrogens with one attached hydrogen (secondary N) is 1. The van der Waals surface area contributed by atoms with Crippen molar-refractivity contribution in [3.8, 4) is 11.3 Å². The minimum atomic E-state index is -3.39. The Balaban J connectivity index is 2.01. The average molecular weight is 316 g/mol. The fraction of sp³-hybridized carbons (Fsp3) is 0.188. The van der Waals surface area contributed by atoms with Crippen LogP contribution in [0.15, 0.2) is 53.7 Å². The third kappa shape index (κ3) is 2.51. The second kappa shape index (κ2) is 5.23. The SMILES string of the molecule is Cc1cc[n+]2cc(-c3ccc(S(=O)(=O)N(C)C)cc3)[nH]c2c1. The summed E-state index contributed by atoms with van der Waals surface area (Å²) in [5, 5.41) is 0. The van der Waals surface area contributed by atoms with Crippen molar-refractivity contribution in [2.45, 2.75) is 11.8 Å². The zero-order valence-electron chi connectivity index (χ0n) is 12.7. The van der Waals surface area contributed by atoms with Crippen LogP contribution >= 0.6 is 0 Å². The molecule has 3 rings (SSSR count). The molecule has 22 heavy (non-hydrogen) atoms. The van der Waals surface area contributed by atoms with Crippen LogP contribution in [0.4, 0.5) is 0 Å². The molecule has 3 aromatic rings. The Kier molecular flexibility index (Phi) is 3.50. The first-order valence-corrected chi connectivity index (χ1v) is 8.35. The summed E-state index contributed by atoms with van der Waals surface area (Å²) < 4.78 is 27.4. The smallest absolute Gasteiger partial charge is 0.237 e. The number of fused-ring (bicyclic) bond motifs is 1. The van der Waals surface area contributed by atoms with Crippen molar-refractivity contribution in [2.24, 2.45) is 0 Å². The number of imidazole rings is 1. The highest BCUT2D eigenvalue weighted by Gasteiger charge is 2.18. The van der Waals surface area contributed by atoms with Crippen LogP contribution in [0, 0.1) is 6.92 Å². The second-order valence-corrected chi connectivity index (χ2v) is 7.63. The lowest BCUT2D eigenvalue weighted by atomic mass is 10.2. The van der Waals surface area contributed by atoms with Crippen molar-refractivity contribution in [2.75, 3.05) is 14.1 Å². The number of aromatic amines is 1.